The van der Waals surface area contributed by atoms with Gasteiger partial charge in [-0.25, -0.2) is 9.18 Å². The molecule has 1 aliphatic rings. The number of hydrogen-bond acceptors (Lipinski definition) is 6. The Kier molecular flexibility index (Phi) is 6.26. The molecule has 0 atom stereocenters. The van der Waals surface area contributed by atoms with Crippen LogP contribution in [0.15, 0.2) is 84.0 Å². The lowest BCUT2D eigenvalue weighted by Gasteiger charge is -2.18. The molecule has 0 aromatic heterocycles. The summed E-state index contributed by atoms with van der Waals surface area (Å²) in [6.45, 7) is 3.90. The number of ether oxygens (including phenoxy) is 1. The minimum absolute atomic E-state index is 0.0555. The maximum Gasteiger partial charge on any atom is 0.511 e. The molecule has 0 aliphatic carbocycles. The van der Waals surface area contributed by atoms with E-state index >= 15 is 0 Å². The number of carbonyl (C=O) groups is 2. The van der Waals surface area contributed by atoms with Crippen molar-refractivity contribution in [2.75, 3.05) is 10.3 Å². The van der Waals surface area contributed by atoms with Crippen molar-refractivity contribution in [3.8, 4) is 22.6 Å². The Labute approximate surface area is 217 Å². The number of aromatic hydroxyl groups is 1. The number of para-hydroxylation sites is 1. The van der Waals surface area contributed by atoms with Crippen LogP contribution in [-0.4, -0.2) is 28.0 Å². The van der Waals surface area contributed by atoms with E-state index in [0.717, 1.165) is 11.1 Å². The average Bonchev–Trinajstić information content (AvgIpc) is 3.15. The van der Waals surface area contributed by atoms with E-state index in [1.165, 1.54) is 35.2 Å². The molecular formula is C29H22FN3O5. The highest BCUT2D eigenvalue weighted by Gasteiger charge is 2.36. The molecule has 4 aromatic rings. The number of nitrogens with zero attached hydrogens (tertiary/aromatic N) is 2. The summed E-state index contributed by atoms with van der Waals surface area (Å²) < 4.78 is 18.9. The van der Waals surface area contributed by atoms with E-state index in [1.54, 1.807) is 36.4 Å². The van der Waals surface area contributed by atoms with Crippen molar-refractivity contribution >= 4 is 34.8 Å². The number of phenols is 1. The van der Waals surface area contributed by atoms with E-state index in [0.29, 0.717) is 28.1 Å². The minimum atomic E-state index is -1.45. The van der Waals surface area contributed by atoms with Gasteiger partial charge in [0.1, 0.15) is 17.3 Å². The highest BCUT2D eigenvalue weighted by molar-refractivity contribution is 6.55. The third-order valence-electron chi connectivity index (χ3n) is 6.28. The average molecular weight is 512 g/mol. The van der Waals surface area contributed by atoms with Crippen LogP contribution < -0.4 is 15.1 Å². The number of aryl methyl sites for hydroxylation is 2. The maximum absolute atomic E-state index is 14.2. The lowest BCUT2D eigenvalue weighted by Crippen LogP contribution is -2.26. The Hall–Kier alpha value is -5.18. The maximum atomic E-state index is 14.2. The van der Waals surface area contributed by atoms with Crippen molar-refractivity contribution in [3.63, 3.8) is 0 Å². The summed E-state index contributed by atoms with van der Waals surface area (Å²) in [6.07, 6.45) is -1.45. The van der Waals surface area contributed by atoms with Crippen LogP contribution in [0.25, 0.3) is 11.1 Å². The van der Waals surface area contributed by atoms with Gasteiger partial charge in [-0.1, -0.05) is 30.3 Å². The third-order valence-corrected chi connectivity index (χ3v) is 6.28. The molecule has 38 heavy (non-hydrogen) atoms. The van der Waals surface area contributed by atoms with Crippen LogP contribution in [0.5, 0.6) is 11.5 Å². The van der Waals surface area contributed by atoms with Gasteiger partial charge in [0.05, 0.1) is 11.4 Å². The van der Waals surface area contributed by atoms with Crippen LogP contribution in [0, 0.1) is 19.7 Å². The predicted molar refractivity (Wildman–Crippen MR) is 142 cm³/mol. The summed E-state index contributed by atoms with van der Waals surface area (Å²) in [6, 6.07) is 20.7. The Morgan fingerprint density at radius 3 is 2.50 bits per heavy atom. The van der Waals surface area contributed by atoms with Crippen molar-refractivity contribution in [1.29, 1.82) is 0 Å². The number of rotatable bonds is 5. The predicted octanol–water partition coefficient (Wildman–Crippen LogP) is 6.37. The van der Waals surface area contributed by atoms with Crippen molar-refractivity contribution in [2.45, 2.75) is 13.8 Å². The molecule has 8 nitrogen and oxygen atoms in total. The first-order chi connectivity index (χ1) is 18.2. The molecule has 1 heterocycles. The number of fused-ring (bicyclic) bond motifs is 1. The van der Waals surface area contributed by atoms with Crippen LogP contribution in [0.4, 0.5) is 26.2 Å². The number of hydrazone groups is 1. The van der Waals surface area contributed by atoms with Gasteiger partial charge in [0.2, 0.25) is 0 Å². The molecule has 1 aliphatic heterocycles. The summed E-state index contributed by atoms with van der Waals surface area (Å²) in [5, 5.41) is 24.1. The van der Waals surface area contributed by atoms with Gasteiger partial charge in [0.15, 0.2) is 5.71 Å². The summed E-state index contributed by atoms with van der Waals surface area (Å²) in [5.74, 6) is -1.01. The second kappa shape index (κ2) is 9.70. The molecule has 5 rings (SSSR count). The molecule has 0 saturated heterocycles. The molecule has 190 valence electrons. The highest BCUT2D eigenvalue weighted by Crippen LogP contribution is 2.39. The van der Waals surface area contributed by atoms with E-state index < -0.39 is 17.9 Å². The number of nitrogens with one attached hydrogen (secondary N) is 1. The number of carbonyl (C=O) groups excluding carboxylic acids is 1. The molecule has 0 radical (unpaired) electrons. The molecule has 9 heteroatoms. The fraction of sp³-hybridized carbons (Fsp3) is 0.0690. The first-order valence-electron chi connectivity index (χ1n) is 11.6. The number of amides is 1. The van der Waals surface area contributed by atoms with Crippen LogP contribution in [-0.2, 0) is 4.79 Å². The topological polar surface area (TPSA) is 111 Å². The van der Waals surface area contributed by atoms with E-state index in [-0.39, 0.29) is 22.9 Å². The molecule has 0 saturated carbocycles. The van der Waals surface area contributed by atoms with Crippen molar-refractivity contribution in [3.05, 3.63) is 101 Å². The lowest BCUT2D eigenvalue weighted by atomic mass is 10.0. The fourth-order valence-electron chi connectivity index (χ4n) is 4.26. The molecule has 1 amide bonds. The minimum Gasteiger partial charge on any atom is -0.505 e. The van der Waals surface area contributed by atoms with Crippen LogP contribution in [0.2, 0.25) is 0 Å². The smallest absolute Gasteiger partial charge is 0.505 e. The lowest BCUT2D eigenvalue weighted by molar-refractivity contribution is -0.111. The van der Waals surface area contributed by atoms with E-state index in [1.807, 2.05) is 26.0 Å². The molecule has 3 N–H and O–H groups in total. The Morgan fingerprint density at radius 1 is 0.947 bits per heavy atom. The van der Waals surface area contributed by atoms with Gasteiger partial charge < -0.3 is 14.9 Å². The normalized spacial score (nSPS) is 13.5. The zero-order chi connectivity index (χ0) is 27.0. The summed E-state index contributed by atoms with van der Waals surface area (Å²) >= 11 is 0. The standard InChI is InChI=1S/C29H22FN3O5/c1-16-9-11-20(13-17(16)2)33-25-15-19(30)10-12-23(25)26(28(33)35)32-31-24-8-4-7-22(27(24)34)18-5-3-6-21(14-18)38-29(36)37/h3-15,31,34H,1-2H3,(H,36,37). The number of benzene rings is 4. The van der Waals surface area contributed by atoms with Gasteiger partial charge in [-0.3, -0.25) is 15.1 Å². The van der Waals surface area contributed by atoms with Gasteiger partial charge in [0, 0.05) is 16.8 Å². The molecule has 0 unspecified atom stereocenters. The first-order valence-corrected chi connectivity index (χ1v) is 11.6. The van der Waals surface area contributed by atoms with Crippen LogP contribution in [0.3, 0.4) is 0 Å². The summed E-state index contributed by atoms with van der Waals surface area (Å²) in [5.41, 5.74) is 7.37. The van der Waals surface area contributed by atoms with Gasteiger partial charge in [-0.05, 0) is 79.1 Å². The fourth-order valence-corrected chi connectivity index (χ4v) is 4.26. The van der Waals surface area contributed by atoms with Crippen molar-refractivity contribution < 1.29 is 28.9 Å². The van der Waals surface area contributed by atoms with Crippen molar-refractivity contribution in [1.82, 2.24) is 0 Å². The second-order valence-electron chi connectivity index (χ2n) is 8.74. The first kappa shape index (κ1) is 24.5. The van der Waals surface area contributed by atoms with Gasteiger partial charge in [-0.15, -0.1) is 0 Å². The van der Waals surface area contributed by atoms with E-state index in [9.17, 15) is 19.1 Å². The molecule has 4 aromatic carbocycles. The number of halogens is 1. The highest BCUT2D eigenvalue weighted by atomic mass is 19.1. The number of hydrogen-bond donors (Lipinski definition) is 3. The van der Waals surface area contributed by atoms with Gasteiger partial charge in [0.25, 0.3) is 5.91 Å². The van der Waals surface area contributed by atoms with Crippen molar-refractivity contribution in [2.24, 2.45) is 5.10 Å². The zero-order valence-electron chi connectivity index (χ0n) is 20.4. The summed E-state index contributed by atoms with van der Waals surface area (Å²) in [7, 11) is 0. The second-order valence-corrected chi connectivity index (χ2v) is 8.74. The van der Waals surface area contributed by atoms with E-state index in [2.05, 4.69) is 10.5 Å². The van der Waals surface area contributed by atoms with Crippen LogP contribution >= 0.6 is 0 Å². The largest absolute Gasteiger partial charge is 0.511 e. The number of carboxylic acid groups (broad SMARTS) is 1. The van der Waals surface area contributed by atoms with Gasteiger partial charge in [-0.2, -0.15) is 5.10 Å². The Balaban J connectivity index is 1.50. The molecule has 0 bridgehead atoms. The quantitative estimate of drug-likeness (QED) is 0.124. The molecule has 0 spiro atoms. The number of phenolic OH excluding ortho intramolecular Hbond substituents is 1. The molecular weight excluding hydrogens is 489 g/mol. The Morgan fingerprint density at radius 2 is 1.74 bits per heavy atom. The SMILES string of the molecule is Cc1ccc(N2C(=O)C(=NNc3cccc(-c4cccc(OC(=O)O)c4)c3O)c3ccc(F)cc32)cc1C. The van der Waals surface area contributed by atoms with E-state index in [4.69, 9.17) is 9.84 Å². The molecule has 0 fully saturated rings. The Bertz CT molecular complexity index is 1630. The van der Waals surface area contributed by atoms with Crippen LogP contribution in [0.1, 0.15) is 16.7 Å². The zero-order valence-corrected chi connectivity index (χ0v) is 20.4. The number of anilines is 3. The third kappa shape index (κ3) is 4.53. The monoisotopic (exact) mass is 511 g/mol. The van der Waals surface area contributed by atoms with Gasteiger partial charge >= 0.3 is 6.16 Å². The summed E-state index contributed by atoms with van der Waals surface area (Å²) in [4.78, 5) is 25.8.